The summed E-state index contributed by atoms with van der Waals surface area (Å²) in [4.78, 5) is 23.0. The lowest BCUT2D eigenvalue weighted by Gasteiger charge is -2.20. The fraction of sp³-hybridized carbons (Fsp3) is 0.240. The number of nitro benzene ring substituents is 1. The number of hydrogen-bond acceptors (Lipinski definition) is 6. The van der Waals surface area contributed by atoms with Crippen LogP contribution in [0.1, 0.15) is 34.3 Å². The van der Waals surface area contributed by atoms with Crippen LogP contribution in [0.15, 0.2) is 66.7 Å². The standard InChI is InChI=1S/C25H24N2O6/c1-15-7-6-12-20(23(15)27(31)32)24(29)22(28)13-26-25(30)33-14-21-18-10-4-2-8-16(18)17-9-3-5-11-19(17)21/h2-12,21-22,24,28-29H,13-14H2,1H3,(H,26,30). The van der Waals surface area contributed by atoms with Gasteiger partial charge < -0.3 is 20.3 Å². The van der Waals surface area contributed by atoms with Crippen molar-refractivity contribution in [3.8, 4) is 11.1 Å². The number of aliphatic hydroxyl groups is 2. The Balaban J connectivity index is 1.37. The van der Waals surface area contributed by atoms with E-state index in [0.29, 0.717) is 5.56 Å². The molecular formula is C25H24N2O6. The number of aryl methyl sites for hydroxylation is 1. The molecule has 0 saturated heterocycles. The fourth-order valence-corrected chi connectivity index (χ4v) is 4.33. The second-order valence-corrected chi connectivity index (χ2v) is 7.99. The number of aliphatic hydroxyl groups excluding tert-OH is 2. The van der Waals surface area contributed by atoms with Gasteiger partial charge in [0.25, 0.3) is 5.69 Å². The number of nitrogens with zero attached hydrogens (tertiary/aromatic N) is 1. The summed E-state index contributed by atoms with van der Waals surface area (Å²) in [5.41, 5.74) is 4.48. The number of alkyl carbamates (subject to hydrolysis) is 1. The molecule has 170 valence electrons. The first-order valence-electron chi connectivity index (χ1n) is 10.6. The van der Waals surface area contributed by atoms with Gasteiger partial charge in [-0.15, -0.1) is 0 Å². The van der Waals surface area contributed by atoms with Gasteiger partial charge in [-0.3, -0.25) is 10.1 Å². The summed E-state index contributed by atoms with van der Waals surface area (Å²) in [5.74, 6) is -0.103. The van der Waals surface area contributed by atoms with Crippen LogP contribution in [-0.4, -0.2) is 40.5 Å². The third-order valence-corrected chi connectivity index (χ3v) is 5.93. The Morgan fingerprint density at radius 3 is 2.24 bits per heavy atom. The van der Waals surface area contributed by atoms with Crippen LogP contribution in [0.2, 0.25) is 0 Å². The summed E-state index contributed by atoms with van der Waals surface area (Å²) < 4.78 is 5.41. The van der Waals surface area contributed by atoms with Crippen LogP contribution < -0.4 is 5.32 Å². The lowest BCUT2D eigenvalue weighted by Crippen LogP contribution is -2.36. The number of fused-ring (bicyclic) bond motifs is 3. The lowest BCUT2D eigenvalue weighted by molar-refractivity contribution is -0.386. The van der Waals surface area contributed by atoms with Gasteiger partial charge in [0.05, 0.1) is 10.5 Å². The van der Waals surface area contributed by atoms with Gasteiger partial charge in [0, 0.05) is 18.0 Å². The van der Waals surface area contributed by atoms with E-state index in [2.05, 4.69) is 5.32 Å². The summed E-state index contributed by atoms with van der Waals surface area (Å²) in [6, 6.07) is 20.4. The number of rotatable bonds is 7. The van der Waals surface area contributed by atoms with E-state index in [-0.39, 0.29) is 30.3 Å². The SMILES string of the molecule is Cc1cccc(C(O)C(O)CNC(=O)OCC2c3ccccc3-c3ccccc32)c1[N+](=O)[O-]. The van der Waals surface area contributed by atoms with Crippen LogP contribution in [0.3, 0.4) is 0 Å². The maximum absolute atomic E-state index is 12.3. The molecule has 0 aliphatic heterocycles. The Hall–Kier alpha value is -3.75. The maximum Gasteiger partial charge on any atom is 0.407 e. The van der Waals surface area contributed by atoms with E-state index in [0.717, 1.165) is 22.3 Å². The predicted molar refractivity (Wildman–Crippen MR) is 122 cm³/mol. The molecule has 3 aromatic carbocycles. The van der Waals surface area contributed by atoms with Crippen molar-refractivity contribution >= 4 is 11.8 Å². The van der Waals surface area contributed by atoms with E-state index in [4.69, 9.17) is 4.74 Å². The number of amides is 1. The second kappa shape index (κ2) is 9.40. The van der Waals surface area contributed by atoms with E-state index < -0.39 is 23.2 Å². The van der Waals surface area contributed by atoms with Gasteiger partial charge in [-0.2, -0.15) is 0 Å². The van der Waals surface area contributed by atoms with Crippen LogP contribution in [0.4, 0.5) is 10.5 Å². The number of benzene rings is 3. The van der Waals surface area contributed by atoms with Crippen molar-refractivity contribution in [2.45, 2.75) is 25.0 Å². The minimum atomic E-state index is -1.54. The molecule has 3 aromatic rings. The Kier molecular flexibility index (Phi) is 6.39. The topological polar surface area (TPSA) is 122 Å². The minimum Gasteiger partial charge on any atom is -0.449 e. The Bertz CT molecular complexity index is 1150. The second-order valence-electron chi connectivity index (χ2n) is 7.99. The number of para-hydroxylation sites is 1. The highest BCUT2D eigenvalue weighted by molar-refractivity contribution is 5.79. The molecule has 2 unspecified atom stereocenters. The third-order valence-electron chi connectivity index (χ3n) is 5.93. The molecule has 1 amide bonds. The monoisotopic (exact) mass is 448 g/mol. The lowest BCUT2D eigenvalue weighted by atomic mass is 9.98. The first kappa shape index (κ1) is 22.4. The van der Waals surface area contributed by atoms with Crippen molar-refractivity contribution < 1.29 is 24.7 Å². The van der Waals surface area contributed by atoms with Crippen LogP contribution >= 0.6 is 0 Å². The predicted octanol–water partition coefficient (Wildman–Crippen LogP) is 3.84. The molecule has 0 heterocycles. The molecule has 0 fully saturated rings. The number of hydrogen-bond donors (Lipinski definition) is 3. The van der Waals surface area contributed by atoms with Crippen LogP contribution in [-0.2, 0) is 4.74 Å². The van der Waals surface area contributed by atoms with Crippen LogP contribution in [0.25, 0.3) is 11.1 Å². The van der Waals surface area contributed by atoms with Crippen LogP contribution in [0.5, 0.6) is 0 Å². The smallest absolute Gasteiger partial charge is 0.407 e. The summed E-state index contributed by atoms with van der Waals surface area (Å²) >= 11 is 0. The Labute approximate surface area is 190 Å². The molecule has 4 rings (SSSR count). The highest BCUT2D eigenvalue weighted by atomic mass is 16.6. The van der Waals surface area contributed by atoms with Gasteiger partial charge in [-0.25, -0.2) is 4.79 Å². The Morgan fingerprint density at radius 2 is 1.64 bits per heavy atom. The molecule has 33 heavy (non-hydrogen) atoms. The van der Waals surface area contributed by atoms with Gasteiger partial charge in [0.2, 0.25) is 0 Å². The zero-order valence-corrected chi connectivity index (χ0v) is 18.0. The molecular weight excluding hydrogens is 424 g/mol. The summed E-state index contributed by atoms with van der Waals surface area (Å²) in [6.45, 7) is 1.33. The normalized spacial score (nSPS) is 14.2. The van der Waals surface area contributed by atoms with Crippen molar-refractivity contribution in [1.82, 2.24) is 5.32 Å². The van der Waals surface area contributed by atoms with Crippen LogP contribution in [0, 0.1) is 17.0 Å². The number of carbonyl (C=O) groups is 1. The van der Waals surface area contributed by atoms with Crippen molar-refractivity contribution in [3.63, 3.8) is 0 Å². The number of nitro groups is 1. The fourth-order valence-electron chi connectivity index (χ4n) is 4.33. The van der Waals surface area contributed by atoms with Crippen molar-refractivity contribution in [2.75, 3.05) is 13.2 Å². The number of nitrogens with one attached hydrogen (secondary N) is 1. The van der Waals surface area contributed by atoms with Gasteiger partial charge in [-0.05, 0) is 35.2 Å². The van der Waals surface area contributed by atoms with E-state index in [1.807, 2.05) is 48.5 Å². The maximum atomic E-state index is 12.3. The number of ether oxygens (including phenoxy) is 1. The molecule has 8 heteroatoms. The highest BCUT2D eigenvalue weighted by Crippen LogP contribution is 2.44. The van der Waals surface area contributed by atoms with Crippen molar-refractivity contribution in [3.05, 3.63) is 99.1 Å². The first-order chi connectivity index (χ1) is 15.9. The summed E-state index contributed by atoms with van der Waals surface area (Å²) in [5, 5.41) is 34.5. The molecule has 3 N–H and O–H groups in total. The average Bonchev–Trinajstić information content (AvgIpc) is 3.14. The third kappa shape index (κ3) is 4.44. The molecule has 0 bridgehead atoms. The van der Waals surface area contributed by atoms with Gasteiger partial charge in [0.1, 0.15) is 18.8 Å². The average molecular weight is 448 g/mol. The molecule has 8 nitrogen and oxygen atoms in total. The number of carbonyl (C=O) groups excluding carboxylic acids is 1. The summed E-state index contributed by atoms with van der Waals surface area (Å²) in [6.07, 6.45) is -3.74. The van der Waals surface area contributed by atoms with E-state index in [1.54, 1.807) is 19.1 Å². The van der Waals surface area contributed by atoms with Gasteiger partial charge in [0.15, 0.2) is 0 Å². The van der Waals surface area contributed by atoms with E-state index >= 15 is 0 Å². The molecule has 0 saturated carbocycles. The highest BCUT2D eigenvalue weighted by Gasteiger charge is 2.30. The molecule has 0 radical (unpaired) electrons. The van der Waals surface area contributed by atoms with Crippen molar-refractivity contribution in [2.24, 2.45) is 0 Å². The molecule has 1 aliphatic carbocycles. The first-order valence-corrected chi connectivity index (χ1v) is 10.6. The van der Waals surface area contributed by atoms with E-state index in [1.165, 1.54) is 6.07 Å². The Morgan fingerprint density at radius 1 is 1.03 bits per heavy atom. The van der Waals surface area contributed by atoms with E-state index in [9.17, 15) is 25.1 Å². The molecule has 0 spiro atoms. The largest absolute Gasteiger partial charge is 0.449 e. The summed E-state index contributed by atoms with van der Waals surface area (Å²) in [7, 11) is 0. The minimum absolute atomic E-state index is 0.0122. The zero-order valence-electron chi connectivity index (χ0n) is 18.0. The van der Waals surface area contributed by atoms with Gasteiger partial charge in [-0.1, -0.05) is 60.7 Å². The molecule has 1 aliphatic rings. The molecule has 2 atom stereocenters. The zero-order chi connectivity index (χ0) is 23.5. The molecule has 0 aromatic heterocycles. The van der Waals surface area contributed by atoms with Gasteiger partial charge >= 0.3 is 6.09 Å². The van der Waals surface area contributed by atoms with Crippen molar-refractivity contribution in [1.29, 1.82) is 0 Å². The quantitative estimate of drug-likeness (QED) is 0.373.